The molecule has 3 aromatic rings. The van der Waals surface area contributed by atoms with Crippen LogP contribution in [0.3, 0.4) is 0 Å². The van der Waals surface area contributed by atoms with Crippen LogP contribution < -0.4 is 15.4 Å². The van der Waals surface area contributed by atoms with Crippen molar-refractivity contribution >= 4 is 39.8 Å². The van der Waals surface area contributed by atoms with E-state index in [1.807, 2.05) is 13.0 Å². The summed E-state index contributed by atoms with van der Waals surface area (Å²) in [5.41, 5.74) is 0.873. The predicted octanol–water partition coefficient (Wildman–Crippen LogP) is 5.94. The summed E-state index contributed by atoms with van der Waals surface area (Å²) >= 11 is 0. The lowest BCUT2D eigenvalue weighted by Crippen LogP contribution is -2.39. The first-order valence-corrected chi connectivity index (χ1v) is 16.5. The van der Waals surface area contributed by atoms with Crippen molar-refractivity contribution in [3.8, 4) is 17.7 Å². The van der Waals surface area contributed by atoms with Crippen LogP contribution >= 0.6 is 10.3 Å². The summed E-state index contributed by atoms with van der Waals surface area (Å²) in [6.07, 6.45) is 1.99. The third-order valence-electron chi connectivity index (χ3n) is 7.09. The number of pyridine rings is 1. The maximum absolute atomic E-state index is 13.5. The van der Waals surface area contributed by atoms with Gasteiger partial charge in [0.2, 0.25) is 12.0 Å². The van der Waals surface area contributed by atoms with Crippen molar-refractivity contribution in [1.29, 1.82) is 10.7 Å². The van der Waals surface area contributed by atoms with E-state index >= 15 is 0 Å². The standard InChI is InChI=1S/C32H43N7O5S/c1-20(2)45(21(3)4,22(5)6)43-17-23(7)42-18-28(31(41)39-29-13-12-24(14-33)16-35-29)44-32-25(15-34)30(36-19-37-32)38-26-10-8-9-11-27(26)40/h8-13,15-16,19-23,28,34,40H,17-18H2,1-7H3,(H,35,39,41)(H,36,37,38). The highest BCUT2D eigenvalue weighted by Crippen LogP contribution is 2.61. The minimum Gasteiger partial charge on any atom is -0.506 e. The van der Waals surface area contributed by atoms with Gasteiger partial charge in [-0.05, 0) is 31.2 Å². The minimum absolute atomic E-state index is 0.00968. The lowest BCUT2D eigenvalue weighted by atomic mass is 10.2. The topological polar surface area (TPSA) is 175 Å². The van der Waals surface area contributed by atoms with Crippen LogP contribution in [0.1, 0.15) is 59.6 Å². The molecule has 12 nitrogen and oxygen atoms in total. The van der Waals surface area contributed by atoms with Crippen LogP contribution in [-0.4, -0.2) is 73.4 Å². The van der Waals surface area contributed by atoms with Gasteiger partial charge in [0.15, 0.2) is 0 Å². The van der Waals surface area contributed by atoms with Crippen molar-refractivity contribution in [3.63, 3.8) is 0 Å². The number of amides is 1. The molecule has 0 fully saturated rings. The van der Waals surface area contributed by atoms with Crippen molar-refractivity contribution < 1.29 is 23.6 Å². The van der Waals surface area contributed by atoms with Crippen LogP contribution in [0.5, 0.6) is 11.6 Å². The van der Waals surface area contributed by atoms with Gasteiger partial charge in [0, 0.05) is 28.2 Å². The number of hydrogen-bond acceptors (Lipinski definition) is 11. The van der Waals surface area contributed by atoms with Crippen LogP contribution in [0, 0.1) is 16.7 Å². The SMILES string of the molecule is CC(COS(C(C)C)(C(C)C)C(C)C)OCC(Oc1ncnc(Nc2ccccc2O)c1C=N)C(=O)Nc1ccc(C#N)cn1. The third kappa shape index (κ3) is 8.91. The number of carbonyl (C=O) groups is 1. The Hall–Kier alpha value is -4.25. The van der Waals surface area contributed by atoms with Crippen LogP contribution in [0.15, 0.2) is 48.9 Å². The van der Waals surface area contributed by atoms with Crippen LogP contribution in [0.2, 0.25) is 0 Å². The largest absolute Gasteiger partial charge is 0.506 e. The molecular formula is C32H43N7O5S. The number of aromatic nitrogens is 3. The first-order valence-electron chi connectivity index (χ1n) is 14.7. The van der Waals surface area contributed by atoms with E-state index in [0.717, 1.165) is 6.21 Å². The molecule has 0 saturated carbocycles. The molecule has 1 amide bonds. The van der Waals surface area contributed by atoms with E-state index in [1.165, 1.54) is 30.7 Å². The fourth-order valence-corrected chi connectivity index (χ4v) is 9.51. The van der Waals surface area contributed by atoms with E-state index in [-0.39, 0.29) is 41.5 Å². The smallest absolute Gasteiger partial charge is 0.269 e. The molecule has 2 heterocycles. The lowest BCUT2D eigenvalue weighted by Gasteiger charge is -2.50. The van der Waals surface area contributed by atoms with E-state index in [1.54, 1.807) is 18.2 Å². The molecular weight excluding hydrogens is 594 g/mol. The molecule has 13 heteroatoms. The van der Waals surface area contributed by atoms with Gasteiger partial charge in [-0.25, -0.2) is 15.0 Å². The summed E-state index contributed by atoms with van der Waals surface area (Å²) in [5, 5.41) is 34.0. The fraction of sp³-hybridized carbons (Fsp3) is 0.438. The Kier molecular flexibility index (Phi) is 12.7. The van der Waals surface area contributed by atoms with Crippen molar-refractivity contribution in [1.82, 2.24) is 15.0 Å². The number of carbonyl (C=O) groups excluding carboxylic acids is 1. The summed E-state index contributed by atoms with van der Waals surface area (Å²) < 4.78 is 18.8. The van der Waals surface area contributed by atoms with E-state index in [0.29, 0.717) is 33.6 Å². The summed E-state index contributed by atoms with van der Waals surface area (Å²) in [6.45, 7) is 15.2. The average Bonchev–Trinajstić information content (AvgIpc) is 3.00. The molecule has 45 heavy (non-hydrogen) atoms. The van der Waals surface area contributed by atoms with Gasteiger partial charge in [-0.1, -0.05) is 53.7 Å². The number of benzene rings is 1. The third-order valence-corrected chi connectivity index (χ3v) is 12.1. The van der Waals surface area contributed by atoms with Gasteiger partial charge in [0.1, 0.15) is 29.8 Å². The number of rotatable bonds is 16. The maximum Gasteiger partial charge on any atom is 0.269 e. The molecule has 4 N–H and O–H groups in total. The Morgan fingerprint density at radius 1 is 1.02 bits per heavy atom. The van der Waals surface area contributed by atoms with Crippen LogP contribution in [0.25, 0.3) is 0 Å². The van der Waals surface area contributed by atoms with Gasteiger partial charge in [0.25, 0.3) is 5.91 Å². The monoisotopic (exact) mass is 637 g/mol. The number of nitrogens with zero attached hydrogens (tertiary/aromatic N) is 4. The molecule has 0 saturated heterocycles. The Morgan fingerprint density at radius 3 is 2.29 bits per heavy atom. The molecule has 0 spiro atoms. The quantitative estimate of drug-likeness (QED) is 0.109. The number of aromatic hydroxyl groups is 1. The molecule has 2 aromatic heterocycles. The van der Waals surface area contributed by atoms with Crippen molar-refractivity contribution in [2.75, 3.05) is 23.8 Å². The minimum atomic E-state index is -1.42. The number of nitrogens with one attached hydrogen (secondary N) is 3. The number of hydrogen-bond donors (Lipinski definition) is 4. The molecule has 0 aliphatic heterocycles. The van der Waals surface area contributed by atoms with Crippen molar-refractivity contribution in [2.45, 2.75) is 76.4 Å². The van der Waals surface area contributed by atoms with Gasteiger partial charge in [-0.15, -0.1) is 10.3 Å². The van der Waals surface area contributed by atoms with Crippen LogP contribution in [0.4, 0.5) is 17.3 Å². The highest BCUT2D eigenvalue weighted by Gasteiger charge is 2.36. The molecule has 3 rings (SSSR count). The van der Waals surface area contributed by atoms with Crippen molar-refractivity contribution in [3.05, 3.63) is 60.0 Å². The number of anilines is 3. The maximum atomic E-state index is 13.5. The summed E-state index contributed by atoms with van der Waals surface area (Å²) in [4.78, 5) is 26.0. The summed E-state index contributed by atoms with van der Waals surface area (Å²) in [6, 6.07) is 11.6. The van der Waals surface area contributed by atoms with Crippen LogP contribution in [-0.2, 0) is 13.7 Å². The summed E-state index contributed by atoms with van der Waals surface area (Å²) in [7, 11) is -1.42. The average molecular weight is 638 g/mol. The fourth-order valence-electron chi connectivity index (χ4n) is 5.00. The lowest BCUT2D eigenvalue weighted by molar-refractivity contribution is -0.127. The molecule has 0 aliphatic carbocycles. The number of nitriles is 1. The van der Waals surface area contributed by atoms with Crippen molar-refractivity contribution in [2.24, 2.45) is 0 Å². The van der Waals surface area contributed by atoms with Gasteiger partial charge in [-0.3, -0.25) is 4.79 Å². The molecule has 2 atom stereocenters. The highest BCUT2D eigenvalue weighted by molar-refractivity contribution is 8.31. The Balaban J connectivity index is 1.84. The molecule has 242 valence electrons. The summed E-state index contributed by atoms with van der Waals surface area (Å²) in [5.74, 6) is -0.204. The Labute approximate surface area is 266 Å². The van der Waals surface area contributed by atoms with E-state index in [9.17, 15) is 9.90 Å². The van der Waals surface area contributed by atoms with E-state index in [4.69, 9.17) is 24.3 Å². The normalized spacial score (nSPS) is 13.3. The van der Waals surface area contributed by atoms with Gasteiger partial charge < -0.3 is 34.8 Å². The molecule has 0 bridgehead atoms. The molecule has 0 radical (unpaired) electrons. The zero-order valence-corrected chi connectivity index (χ0v) is 27.6. The zero-order valence-electron chi connectivity index (χ0n) is 26.8. The molecule has 1 aromatic carbocycles. The van der Waals surface area contributed by atoms with Gasteiger partial charge >= 0.3 is 0 Å². The number of phenols is 1. The second-order valence-corrected chi connectivity index (χ2v) is 15.6. The first-order chi connectivity index (χ1) is 21.4. The predicted molar refractivity (Wildman–Crippen MR) is 178 cm³/mol. The Morgan fingerprint density at radius 2 is 1.71 bits per heavy atom. The second-order valence-electron chi connectivity index (χ2n) is 11.1. The molecule has 0 aliphatic rings. The second kappa shape index (κ2) is 16.2. The molecule has 2 unspecified atom stereocenters. The highest BCUT2D eigenvalue weighted by atomic mass is 32.3. The number of para-hydroxylation sites is 2. The zero-order chi connectivity index (χ0) is 33.1. The van der Waals surface area contributed by atoms with Gasteiger partial charge in [0.05, 0.1) is 36.1 Å². The Bertz CT molecular complexity index is 1460. The number of phenolic OH excluding ortho intramolecular Hbond substituents is 1. The van der Waals surface area contributed by atoms with E-state index in [2.05, 4.69) is 67.1 Å². The van der Waals surface area contributed by atoms with Gasteiger partial charge in [-0.2, -0.15) is 5.26 Å². The van der Waals surface area contributed by atoms with E-state index < -0.39 is 22.3 Å². The number of ether oxygens (including phenoxy) is 2. The first kappa shape index (κ1) is 35.2.